The summed E-state index contributed by atoms with van der Waals surface area (Å²) in [6, 6.07) is 6.09. The number of carbonyl (C=O) groups excluding carboxylic acids is 1. The number of nitrogens with zero attached hydrogens (tertiary/aromatic N) is 2. The Morgan fingerprint density at radius 1 is 1.05 bits per heavy atom. The first-order valence-electron chi connectivity index (χ1n) is 7.71. The zero-order chi connectivity index (χ0) is 15.2. The number of rotatable bonds is 3. The molecule has 2 bridgehead atoms. The fraction of sp³-hybridized carbons (Fsp3) is 0.471. The highest BCUT2D eigenvalue weighted by Crippen LogP contribution is 2.56. The average molecular weight is 300 g/mol. The third-order valence-electron chi connectivity index (χ3n) is 5.54. The van der Waals surface area contributed by atoms with E-state index in [0.29, 0.717) is 11.7 Å². The minimum Gasteiger partial charge on any atom is -0.338 e. The van der Waals surface area contributed by atoms with Gasteiger partial charge in [-0.25, -0.2) is 4.39 Å². The fourth-order valence-corrected chi connectivity index (χ4v) is 3.87. The molecule has 1 aromatic carbocycles. The predicted octanol–water partition coefficient (Wildman–Crippen LogP) is 3.67. The van der Waals surface area contributed by atoms with E-state index in [1.165, 1.54) is 12.1 Å². The second kappa shape index (κ2) is 4.73. The summed E-state index contributed by atoms with van der Waals surface area (Å²) in [5.74, 6) is 0.893. The topological polar surface area (TPSA) is 56.0 Å². The average Bonchev–Trinajstić information content (AvgIpc) is 3.08. The molecular formula is C17H17FN2O2. The van der Waals surface area contributed by atoms with Gasteiger partial charge in [0.15, 0.2) is 0 Å². The van der Waals surface area contributed by atoms with Crippen LogP contribution in [0.2, 0.25) is 0 Å². The van der Waals surface area contributed by atoms with Crippen molar-refractivity contribution < 1.29 is 13.7 Å². The Kier molecular flexibility index (Phi) is 2.93. The van der Waals surface area contributed by atoms with Crippen LogP contribution in [0.25, 0.3) is 11.4 Å². The van der Waals surface area contributed by atoms with Gasteiger partial charge in [0.25, 0.3) is 0 Å². The molecule has 3 aliphatic carbocycles. The van der Waals surface area contributed by atoms with Crippen LogP contribution < -0.4 is 0 Å². The number of carbonyl (C=O) groups is 1. The van der Waals surface area contributed by atoms with Gasteiger partial charge in [0.1, 0.15) is 12.1 Å². The van der Waals surface area contributed by atoms with Crippen LogP contribution in [-0.4, -0.2) is 16.4 Å². The molecule has 3 aliphatic rings. The van der Waals surface area contributed by atoms with Gasteiger partial charge in [-0.15, -0.1) is 0 Å². The van der Waals surface area contributed by atoms with Gasteiger partial charge in [-0.1, -0.05) is 5.16 Å². The summed E-state index contributed by atoms with van der Waals surface area (Å²) in [5, 5.41) is 4.06. The van der Waals surface area contributed by atoms with Crippen LogP contribution in [0.4, 0.5) is 4.39 Å². The van der Waals surface area contributed by atoms with Crippen LogP contribution in [-0.2, 0) is 10.2 Å². The van der Waals surface area contributed by atoms with Gasteiger partial charge in [-0.2, -0.15) is 4.98 Å². The molecule has 4 nitrogen and oxygen atoms in total. The van der Waals surface area contributed by atoms with Crippen molar-refractivity contribution in [3.05, 3.63) is 36.0 Å². The van der Waals surface area contributed by atoms with Crippen LogP contribution in [0.3, 0.4) is 0 Å². The van der Waals surface area contributed by atoms with E-state index in [1.807, 2.05) is 0 Å². The summed E-state index contributed by atoms with van der Waals surface area (Å²) in [6.45, 7) is 0. The van der Waals surface area contributed by atoms with Crippen LogP contribution in [0.1, 0.15) is 44.4 Å². The van der Waals surface area contributed by atoms with Crippen molar-refractivity contribution in [2.75, 3.05) is 0 Å². The normalized spacial score (nSPS) is 30.4. The van der Waals surface area contributed by atoms with Crippen molar-refractivity contribution in [1.82, 2.24) is 10.1 Å². The van der Waals surface area contributed by atoms with E-state index in [4.69, 9.17) is 4.52 Å². The van der Waals surface area contributed by atoms with E-state index in [2.05, 4.69) is 10.1 Å². The van der Waals surface area contributed by atoms with Crippen molar-refractivity contribution in [1.29, 1.82) is 0 Å². The summed E-state index contributed by atoms with van der Waals surface area (Å²) in [4.78, 5) is 15.9. The van der Waals surface area contributed by atoms with Crippen molar-refractivity contribution in [3.63, 3.8) is 0 Å². The standard InChI is InChI=1S/C17H17FN2O2/c18-13-3-1-12(2-4-13)14-19-15(22-20-14)17-8-5-16(11-21,6-9-17)7-10-17/h1-4,11H,5-10H2. The van der Waals surface area contributed by atoms with Gasteiger partial charge < -0.3 is 9.32 Å². The predicted molar refractivity (Wildman–Crippen MR) is 77.6 cm³/mol. The number of hydrogen-bond acceptors (Lipinski definition) is 4. The lowest BCUT2D eigenvalue weighted by Crippen LogP contribution is -2.45. The summed E-state index contributed by atoms with van der Waals surface area (Å²) < 4.78 is 18.5. The number of aldehydes is 1. The molecule has 0 saturated heterocycles. The number of hydrogen-bond donors (Lipinski definition) is 0. The lowest BCUT2D eigenvalue weighted by Gasteiger charge is -2.49. The molecular weight excluding hydrogens is 283 g/mol. The number of fused-ring (bicyclic) bond motifs is 3. The van der Waals surface area contributed by atoms with Gasteiger partial charge in [0.2, 0.25) is 11.7 Å². The summed E-state index contributed by atoms with van der Waals surface area (Å²) in [6.07, 6.45) is 6.65. The smallest absolute Gasteiger partial charge is 0.233 e. The molecule has 1 aromatic heterocycles. The lowest BCUT2D eigenvalue weighted by molar-refractivity contribution is -0.122. The largest absolute Gasteiger partial charge is 0.338 e. The molecule has 0 amide bonds. The van der Waals surface area contributed by atoms with E-state index in [9.17, 15) is 9.18 Å². The van der Waals surface area contributed by atoms with Crippen molar-refractivity contribution >= 4 is 6.29 Å². The molecule has 2 aromatic rings. The third kappa shape index (κ3) is 1.99. The minimum absolute atomic E-state index is 0.0734. The Bertz CT molecular complexity index is 683. The maximum absolute atomic E-state index is 13.0. The maximum Gasteiger partial charge on any atom is 0.233 e. The lowest BCUT2D eigenvalue weighted by atomic mass is 9.54. The van der Waals surface area contributed by atoms with Crippen LogP contribution in [0.15, 0.2) is 28.8 Å². The Labute approximate surface area is 127 Å². The van der Waals surface area contributed by atoms with Gasteiger partial charge >= 0.3 is 0 Å². The molecule has 0 unspecified atom stereocenters. The van der Waals surface area contributed by atoms with Crippen LogP contribution in [0.5, 0.6) is 0 Å². The quantitative estimate of drug-likeness (QED) is 0.812. The second-order valence-electron chi connectivity index (χ2n) is 6.69. The van der Waals surface area contributed by atoms with E-state index in [-0.39, 0.29) is 16.6 Å². The van der Waals surface area contributed by atoms with E-state index in [0.717, 1.165) is 50.4 Å². The first kappa shape index (κ1) is 13.6. The molecule has 114 valence electrons. The maximum atomic E-state index is 13.0. The molecule has 0 N–H and O–H groups in total. The molecule has 3 saturated carbocycles. The molecule has 0 aliphatic heterocycles. The number of aromatic nitrogens is 2. The van der Waals surface area contributed by atoms with Crippen molar-refractivity contribution in [2.24, 2.45) is 5.41 Å². The van der Waals surface area contributed by atoms with E-state index < -0.39 is 0 Å². The van der Waals surface area contributed by atoms with Crippen molar-refractivity contribution in [2.45, 2.75) is 43.9 Å². The molecule has 3 fully saturated rings. The highest BCUT2D eigenvalue weighted by molar-refractivity contribution is 5.60. The zero-order valence-corrected chi connectivity index (χ0v) is 12.2. The highest BCUT2D eigenvalue weighted by Gasteiger charge is 2.52. The Morgan fingerprint density at radius 3 is 2.27 bits per heavy atom. The number of benzene rings is 1. The molecule has 5 rings (SSSR count). The van der Waals surface area contributed by atoms with Crippen LogP contribution in [0, 0.1) is 11.2 Å². The minimum atomic E-state index is -0.282. The SMILES string of the molecule is O=CC12CCC(c3nc(-c4ccc(F)cc4)no3)(CC1)CC2. The summed E-state index contributed by atoms with van der Waals surface area (Å²) in [5.41, 5.74) is 0.569. The molecule has 22 heavy (non-hydrogen) atoms. The van der Waals surface area contributed by atoms with Crippen LogP contribution >= 0.6 is 0 Å². The zero-order valence-electron chi connectivity index (χ0n) is 12.2. The molecule has 0 radical (unpaired) electrons. The fourth-order valence-electron chi connectivity index (χ4n) is 3.87. The van der Waals surface area contributed by atoms with Crippen molar-refractivity contribution in [3.8, 4) is 11.4 Å². The van der Waals surface area contributed by atoms with Gasteiger partial charge in [-0.3, -0.25) is 0 Å². The van der Waals surface area contributed by atoms with Gasteiger partial charge in [-0.05, 0) is 62.8 Å². The molecule has 0 atom stereocenters. The van der Waals surface area contributed by atoms with Gasteiger partial charge in [0.05, 0.1) is 0 Å². The molecule has 5 heteroatoms. The molecule has 1 heterocycles. The first-order valence-corrected chi connectivity index (χ1v) is 7.71. The monoisotopic (exact) mass is 300 g/mol. The third-order valence-corrected chi connectivity index (χ3v) is 5.54. The second-order valence-corrected chi connectivity index (χ2v) is 6.69. The van der Waals surface area contributed by atoms with E-state index >= 15 is 0 Å². The van der Waals surface area contributed by atoms with Gasteiger partial charge in [0, 0.05) is 16.4 Å². The Morgan fingerprint density at radius 2 is 1.68 bits per heavy atom. The Hall–Kier alpha value is -2.04. The first-order chi connectivity index (χ1) is 10.6. The highest BCUT2D eigenvalue weighted by atomic mass is 19.1. The Balaban J connectivity index is 1.62. The summed E-state index contributed by atoms with van der Waals surface area (Å²) >= 11 is 0. The summed E-state index contributed by atoms with van der Waals surface area (Å²) in [7, 11) is 0. The van der Waals surface area contributed by atoms with E-state index in [1.54, 1.807) is 12.1 Å². The number of halogens is 1. The molecule has 0 spiro atoms.